The van der Waals surface area contributed by atoms with Gasteiger partial charge in [-0.1, -0.05) is 48.9 Å². The number of alkyl halides is 3. The van der Waals surface area contributed by atoms with Crippen molar-refractivity contribution in [1.82, 2.24) is 4.90 Å². The Labute approximate surface area is 134 Å². The lowest BCUT2D eigenvalue weighted by atomic mass is 9.94. The highest BCUT2D eigenvalue weighted by Gasteiger charge is 2.32. The Balaban J connectivity index is 2.01. The molecule has 1 saturated heterocycles. The molecule has 23 heavy (non-hydrogen) atoms. The number of hydrogen-bond acceptors (Lipinski definition) is 1. The van der Waals surface area contributed by atoms with Crippen LogP contribution in [0.5, 0.6) is 0 Å². The second kappa shape index (κ2) is 6.75. The summed E-state index contributed by atoms with van der Waals surface area (Å²) in [6, 6.07) is 15.5. The molecule has 1 fully saturated rings. The molecular weight excluding hydrogens is 299 g/mol. The zero-order valence-electron chi connectivity index (χ0n) is 12.9. The van der Waals surface area contributed by atoms with Crippen LogP contribution in [0.3, 0.4) is 0 Å². The number of rotatable bonds is 3. The van der Waals surface area contributed by atoms with E-state index in [1.807, 2.05) is 36.4 Å². The highest BCUT2D eigenvalue weighted by Crippen LogP contribution is 2.35. The highest BCUT2D eigenvalue weighted by molar-refractivity contribution is 5.35. The Morgan fingerprint density at radius 2 is 1.43 bits per heavy atom. The SMILES string of the molecule is FC(F)(F)c1cccc(C(c2ccccc2)N2CCCCC2)c1. The van der Waals surface area contributed by atoms with Gasteiger partial charge in [-0.05, 0) is 49.2 Å². The van der Waals surface area contributed by atoms with Crippen molar-refractivity contribution in [3.63, 3.8) is 0 Å². The lowest BCUT2D eigenvalue weighted by Crippen LogP contribution is -2.34. The molecule has 1 nitrogen and oxygen atoms in total. The van der Waals surface area contributed by atoms with Gasteiger partial charge in [0.05, 0.1) is 11.6 Å². The number of likely N-dealkylation sites (tertiary alicyclic amines) is 1. The monoisotopic (exact) mass is 319 g/mol. The van der Waals surface area contributed by atoms with Crippen molar-refractivity contribution in [1.29, 1.82) is 0 Å². The predicted molar refractivity (Wildman–Crippen MR) is 85.2 cm³/mol. The van der Waals surface area contributed by atoms with E-state index >= 15 is 0 Å². The first-order valence-corrected chi connectivity index (χ1v) is 8.02. The largest absolute Gasteiger partial charge is 0.416 e. The van der Waals surface area contributed by atoms with Crippen LogP contribution in [-0.4, -0.2) is 18.0 Å². The molecule has 2 aromatic rings. The molecule has 2 aromatic carbocycles. The van der Waals surface area contributed by atoms with E-state index in [0.29, 0.717) is 5.56 Å². The summed E-state index contributed by atoms with van der Waals surface area (Å²) in [6.07, 6.45) is -0.912. The fourth-order valence-corrected chi connectivity index (χ4v) is 3.31. The molecule has 0 aliphatic carbocycles. The maximum atomic E-state index is 13.1. The fourth-order valence-electron chi connectivity index (χ4n) is 3.31. The van der Waals surface area contributed by atoms with Crippen molar-refractivity contribution in [3.8, 4) is 0 Å². The highest BCUT2D eigenvalue weighted by atomic mass is 19.4. The Morgan fingerprint density at radius 1 is 0.783 bits per heavy atom. The van der Waals surface area contributed by atoms with Gasteiger partial charge in [0.2, 0.25) is 0 Å². The van der Waals surface area contributed by atoms with Crippen LogP contribution in [0.25, 0.3) is 0 Å². The number of benzene rings is 2. The zero-order chi connectivity index (χ0) is 16.3. The number of hydrogen-bond donors (Lipinski definition) is 0. The van der Waals surface area contributed by atoms with E-state index in [-0.39, 0.29) is 6.04 Å². The quantitative estimate of drug-likeness (QED) is 0.744. The minimum atomic E-state index is -4.31. The van der Waals surface area contributed by atoms with E-state index in [4.69, 9.17) is 0 Å². The van der Waals surface area contributed by atoms with Gasteiger partial charge >= 0.3 is 6.18 Å². The molecule has 1 heterocycles. The van der Waals surface area contributed by atoms with Gasteiger partial charge in [0.25, 0.3) is 0 Å². The lowest BCUT2D eigenvalue weighted by Gasteiger charge is -2.35. The molecule has 1 aliphatic heterocycles. The van der Waals surface area contributed by atoms with E-state index in [2.05, 4.69) is 4.90 Å². The predicted octanol–water partition coefficient (Wildman–Crippen LogP) is 5.28. The molecule has 3 rings (SSSR count). The second-order valence-corrected chi connectivity index (χ2v) is 6.03. The molecule has 1 unspecified atom stereocenters. The molecule has 0 bridgehead atoms. The standard InChI is InChI=1S/C19H20F3N/c20-19(21,22)17-11-7-10-16(14-17)18(15-8-3-1-4-9-15)23-12-5-2-6-13-23/h1,3-4,7-11,14,18H,2,5-6,12-13H2. The van der Waals surface area contributed by atoms with E-state index in [0.717, 1.165) is 37.6 Å². The van der Waals surface area contributed by atoms with Gasteiger partial charge in [0, 0.05) is 0 Å². The van der Waals surface area contributed by atoms with Gasteiger partial charge in [0.15, 0.2) is 0 Å². The van der Waals surface area contributed by atoms with Crippen molar-refractivity contribution in [2.24, 2.45) is 0 Å². The van der Waals surface area contributed by atoms with Crippen LogP contribution in [0, 0.1) is 0 Å². The summed E-state index contributed by atoms with van der Waals surface area (Å²) in [7, 11) is 0. The molecule has 0 amide bonds. The summed E-state index contributed by atoms with van der Waals surface area (Å²) >= 11 is 0. The van der Waals surface area contributed by atoms with Crippen LogP contribution in [0.4, 0.5) is 13.2 Å². The third kappa shape index (κ3) is 3.75. The van der Waals surface area contributed by atoms with Crippen molar-refractivity contribution in [2.45, 2.75) is 31.5 Å². The van der Waals surface area contributed by atoms with Crippen LogP contribution in [-0.2, 0) is 6.18 Å². The number of halogens is 3. The van der Waals surface area contributed by atoms with Gasteiger partial charge in [-0.25, -0.2) is 0 Å². The molecular formula is C19H20F3N. The molecule has 0 aromatic heterocycles. The van der Waals surface area contributed by atoms with Crippen LogP contribution in [0.15, 0.2) is 54.6 Å². The van der Waals surface area contributed by atoms with Gasteiger partial charge in [-0.2, -0.15) is 13.2 Å². The van der Waals surface area contributed by atoms with E-state index in [9.17, 15) is 13.2 Å². The van der Waals surface area contributed by atoms with Crippen LogP contribution >= 0.6 is 0 Å². The molecule has 0 radical (unpaired) electrons. The summed E-state index contributed by atoms with van der Waals surface area (Å²) in [5, 5.41) is 0. The first-order valence-electron chi connectivity index (χ1n) is 8.02. The maximum Gasteiger partial charge on any atom is 0.416 e. The van der Waals surface area contributed by atoms with Crippen molar-refractivity contribution in [3.05, 3.63) is 71.3 Å². The average molecular weight is 319 g/mol. The Hall–Kier alpha value is -1.81. The molecule has 122 valence electrons. The molecule has 0 saturated carbocycles. The fraction of sp³-hybridized carbons (Fsp3) is 0.368. The molecule has 0 N–H and O–H groups in total. The molecule has 1 atom stereocenters. The summed E-state index contributed by atoms with van der Waals surface area (Å²) in [5.41, 5.74) is 1.19. The summed E-state index contributed by atoms with van der Waals surface area (Å²) < 4.78 is 39.2. The van der Waals surface area contributed by atoms with Crippen molar-refractivity contribution >= 4 is 0 Å². The number of piperidine rings is 1. The van der Waals surface area contributed by atoms with Crippen LogP contribution in [0.1, 0.15) is 42.0 Å². The first kappa shape index (κ1) is 16.1. The van der Waals surface area contributed by atoms with Gasteiger partial charge < -0.3 is 0 Å². The summed E-state index contributed by atoms with van der Waals surface area (Å²) in [4.78, 5) is 2.30. The zero-order valence-corrected chi connectivity index (χ0v) is 12.9. The minimum Gasteiger partial charge on any atom is -0.292 e. The van der Waals surface area contributed by atoms with Gasteiger partial charge in [0.1, 0.15) is 0 Å². The van der Waals surface area contributed by atoms with Crippen molar-refractivity contribution < 1.29 is 13.2 Å². The molecule has 0 spiro atoms. The molecule has 4 heteroatoms. The summed E-state index contributed by atoms with van der Waals surface area (Å²) in [6.45, 7) is 1.85. The Morgan fingerprint density at radius 3 is 2.09 bits per heavy atom. The van der Waals surface area contributed by atoms with E-state index in [1.54, 1.807) is 0 Å². The Kier molecular flexibility index (Phi) is 4.71. The molecule has 1 aliphatic rings. The first-order chi connectivity index (χ1) is 11.1. The normalized spacial score (nSPS) is 17.9. The minimum absolute atomic E-state index is 0.112. The van der Waals surface area contributed by atoms with Crippen molar-refractivity contribution in [2.75, 3.05) is 13.1 Å². The smallest absolute Gasteiger partial charge is 0.292 e. The van der Waals surface area contributed by atoms with E-state index < -0.39 is 11.7 Å². The number of nitrogens with zero attached hydrogens (tertiary/aromatic N) is 1. The van der Waals surface area contributed by atoms with Crippen LogP contribution < -0.4 is 0 Å². The third-order valence-electron chi connectivity index (χ3n) is 4.40. The lowest BCUT2D eigenvalue weighted by molar-refractivity contribution is -0.137. The van der Waals surface area contributed by atoms with E-state index in [1.165, 1.54) is 18.6 Å². The summed E-state index contributed by atoms with van der Waals surface area (Å²) in [5.74, 6) is 0. The van der Waals surface area contributed by atoms with Gasteiger partial charge in [-0.3, -0.25) is 4.90 Å². The van der Waals surface area contributed by atoms with Crippen LogP contribution in [0.2, 0.25) is 0 Å². The second-order valence-electron chi connectivity index (χ2n) is 6.03. The average Bonchev–Trinajstić information content (AvgIpc) is 2.57. The topological polar surface area (TPSA) is 3.24 Å². The Bertz CT molecular complexity index is 631. The maximum absolute atomic E-state index is 13.1. The third-order valence-corrected chi connectivity index (χ3v) is 4.40. The van der Waals surface area contributed by atoms with Gasteiger partial charge in [-0.15, -0.1) is 0 Å².